The van der Waals surface area contributed by atoms with E-state index in [1.807, 2.05) is 30.0 Å². The van der Waals surface area contributed by atoms with Crippen LogP contribution < -0.4 is 5.32 Å². The summed E-state index contributed by atoms with van der Waals surface area (Å²) in [6.07, 6.45) is 2.14. The zero-order chi connectivity index (χ0) is 15.5. The first kappa shape index (κ1) is 15.0. The van der Waals surface area contributed by atoms with Crippen LogP contribution in [0.25, 0.3) is 0 Å². The van der Waals surface area contributed by atoms with Crippen LogP contribution in [0.15, 0.2) is 34.8 Å². The quantitative estimate of drug-likeness (QED) is 0.909. The summed E-state index contributed by atoms with van der Waals surface area (Å²) in [7, 11) is 0. The molecule has 1 aliphatic heterocycles. The Labute approximate surface area is 137 Å². The number of carbonyl (C=O) groups excluding carboxylic acids is 1. The second-order valence-corrected chi connectivity index (χ2v) is 6.27. The molecule has 0 aliphatic carbocycles. The standard InChI is InChI=1S/C16H17BrN4O/c1-11-4-5-13(12(17)10-11)18-15-7-6-14(19-20-15)16(22)21-8-2-3-9-21/h4-7,10H,2-3,8-9H2,1H3,(H,18,20). The number of halogens is 1. The number of nitrogens with zero attached hydrogens (tertiary/aromatic N) is 3. The largest absolute Gasteiger partial charge is 0.338 e. The molecule has 0 spiro atoms. The predicted octanol–water partition coefficient (Wildman–Crippen LogP) is 3.53. The van der Waals surface area contributed by atoms with Crippen LogP contribution in [0.4, 0.5) is 11.5 Å². The summed E-state index contributed by atoms with van der Waals surface area (Å²) in [4.78, 5) is 14.0. The Bertz CT molecular complexity index is 681. The van der Waals surface area contributed by atoms with Crippen molar-refractivity contribution < 1.29 is 4.79 Å². The molecule has 2 heterocycles. The van der Waals surface area contributed by atoms with Gasteiger partial charge in [-0.05, 0) is 65.5 Å². The molecule has 0 radical (unpaired) electrons. The Morgan fingerprint density at radius 2 is 1.95 bits per heavy atom. The van der Waals surface area contributed by atoms with Crippen molar-refractivity contribution in [1.82, 2.24) is 15.1 Å². The molecule has 1 aromatic heterocycles. The highest BCUT2D eigenvalue weighted by Gasteiger charge is 2.20. The second-order valence-electron chi connectivity index (χ2n) is 5.41. The number of aryl methyl sites for hydroxylation is 1. The maximum absolute atomic E-state index is 12.2. The zero-order valence-electron chi connectivity index (χ0n) is 12.3. The van der Waals surface area contributed by atoms with E-state index in [1.54, 1.807) is 12.1 Å². The fourth-order valence-electron chi connectivity index (χ4n) is 2.45. The molecule has 1 amide bonds. The minimum atomic E-state index is -0.0342. The van der Waals surface area contributed by atoms with Crippen LogP contribution in [0.1, 0.15) is 28.9 Å². The Hall–Kier alpha value is -1.95. The van der Waals surface area contributed by atoms with Gasteiger partial charge >= 0.3 is 0 Å². The highest BCUT2D eigenvalue weighted by Crippen LogP contribution is 2.25. The minimum absolute atomic E-state index is 0.0342. The molecule has 1 N–H and O–H groups in total. The number of rotatable bonds is 3. The lowest BCUT2D eigenvalue weighted by Gasteiger charge is -2.14. The lowest BCUT2D eigenvalue weighted by molar-refractivity contribution is 0.0786. The van der Waals surface area contributed by atoms with E-state index < -0.39 is 0 Å². The van der Waals surface area contributed by atoms with E-state index in [4.69, 9.17) is 0 Å². The number of amides is 1. The average Bonchev–Trinajstić information content (AvgIpc) is 3.04. The van der Waals surface area contributed by atoms with Gasteiger partial charge in [0, 0.05) is 17.6 Å². The summed E-state index contributed by atoms with van der Waals surface area (Å²) in [6.45, 7) is 3.67. The van der Waals surface area contributed by atoms with Gasteiger partial charge in [0.15, 0.2) is 11.5 Å². The number of aromatic nitrogens is 2. The Morgan fingerprint density at radius 3 is 2.59 bits per heavy atom. The fraction of sp³-hybridized carbons (Fsp3) is 0.312. The van der Waals surface area contributed by atoms with E-state index in [-0.39, 0.29) is 5.91 Å². The van der Waals surface area contributed by atoms with Crippen molar-refractivity contribution in [3.63, 3.8) is 0 Å². The first-order chi connectivity index (χ1) is 10.6. The van der Waals surface area contributed by atoms with Gasteiger partial charge in [-0.25, -0.2) is 0 Å². The number of hydrogen-bond donors (Lipinski definition) is 1. The predicted molar refractivity (Wildman–Crippen MR) is 89.3 cm³/mol. The average molecular weight is 361 g/mol. The highest BCUT2D eigenvalue weighted by molar-refractivity contribution is 9.10. The van der Waals surface area contributed by atoms with Crippen LogP contribution in [0, 0.1) is 6.92 Å². The van der Waals surface area contributed by atoms with Crippen molar-refractivity contribution in [2.24, 2.45) is 0 Å². The molecular formula is C16H17BrN4O. The molecule has 0 unspecified atom stereocenters. The van der Waals surface area contributed by atoms with E-state index in [1.165, 1.54) is 5.56 Å². The SMILES string of the molecule is Cc1ccc(Nc2ccc(C(=O)N3CCCC3)nn2)c(Br)c1. The summed E-state index contributed by atoms with van der Waals surface area (Å²) >= 11 is 3.52. The van der Waals surface area contributed by atoms with Crippen molar-refractivity contribution in [3.05, 3.63) is 46.1 Å². The maximum Gasteiger partial charge on any atom is 0.274 e. The molecule has 0 saturated carbocycles. The third-order valence-electron chi connectivity index (χ3n) is 3.66. The van der Waals surface area contributed by atoms with Gasteiger partial charge in [0.25, 0.3) is 5.91 Å². The van der Waals surface area contributed by atoms with Crippen molar-refractivity contribution in [3.8, 4) is 0 Å². The number of hydrogen-bond acceptors (Lipinski definition) is 4. The summed E-state index contributed by atoms with van der Waals surface area (Å²) < 4.78 is 0.964. The number of benzene rings is 1. The van der Waals surface area contributed by atoms with Crippen molar-refractivity contribution in [2.45, 2.75) is 19.8 Å². The normalized spacial score (nSPS) is 14.2. The molecule has 1 saturated heterocycles. The third-order valence-corrected chi connectivity index (χ3v) is 4.32. The van der Waals surface area contributed by atoms with E-state index in [0.29, 0.717) is 11.5 Å². The smallest absolute Gasteiger partial charge is 0.274 e. The lowest BCUT2D eigenvalue weighted by atomic mass is 10.2. The first-order valence-electron chi connectivity index (χ1n) is 7.30. The highest BCUT2D eigenvalue weighted by atomic mass is 79.9. The van der Waals surface area contributed by atoms with Gasteiger partial charge in [-0.15, -0.1) is 10.2 Å². The molecule has 1 fully saturated rings. The van der Waals surface area contributed by atoms with Gasteiger partial charge in [0.1, 0.15) is 0 Å². The summed E-state index contributed by atoms with van der Waals surface area (Å²) in [6, 6.07) is 9.53. The van der Waals surface area contributed by atoms with Crippen molar-refractivity contribution in [1.29, 1.82) is 0 Å². The summed E-state index contributed by atoms with van der Waals surface area (Å²) in [5.41, 5.74) is 2.49. The van der Waals surface area contributed by atoms with Crippen LogP contribution >= 0.6 is 15.9 Å². The molecule has 3 rings (SSSR count). The Balaban J connectivity index is 1.72. The molecule has 0 atom stereocenters. The molecule has 6 heteroatoms. The maximum atomic E-state index is 12.2. The number of likely N-dealkylation sites (tertiary alicyclic amines) is 1. The first-order valence-corrected chi connectivity index (χ1v) is 8.09. The van der Waals surface area contributed by atoms with E-state index in [2.05, 4.69) is 31.4 Å². The Morgan fingerprint density at radius 1 is 1.18 bits per heavy atom. The summed E-state index contributed by atoms with van der Waals surface area (Å²) in [5, 5.41) is 11.3. The molecule has 0 bridgehead atoms. The van der Waals surface area contributed by atoms with Crippen LogP contribution in [0.3, 0.4) is 0 Å². The van der Waals surface area contributed by atoms with Crippen LogP contribution in [0.5, 0.6) is 0 Å². The van der Waals surface area contributed by atoms with Crippen LogP contribution in [-0.4, -0.2) is 34.1 Å². The topological polar surface area (TPSA) is 58.1 Å². The van der Waals surface area contributed by atoms with E-state index in [9.17, 15) is 4.79 Å². The zero-order valence-corrected chi connectivity index (χ0v) is 13.9. The Kier molecular flexibility index (Phi) is 4.38. The van der Waals surface area contributed by atoms with E-state index in [0.717, 1.165) is 36.1 Å². The van der Waals surface area contributed by atoms with Crippen LogP contribution in [0.2, 0.25) is 0 Å². The third kappa shape index (κ3) is 3.27. The second kappa shape index (κ2) is 6.44. The van der Waals surface area contributed by atoms with Gasteiger partial charge in [-0.2, -0.15) is 0 Å². The minimum Gasteiger partial charge on any atom is -0.338 e. The van der Waals surface area contributed by atoms with Crippen molar-refractivity contribution in [2.75, 3.05) is 18.4 Å². The molecule has 22 heavy (non-hydrogen) atoms. The van der Waals surface area contributed by atoms with Gasteiger partial charge in [0.2, 0.25) is 0 Å². The molecule has 2 aromatic rings. The lowest BCUT2D eigenvalue weighted by Crippen LogP contribution is -2.28. The number of nitrogens with one attached hydrogen (secondary N) is 1. The van der Waals surface area contributed by atoms with Crippen LogP contribution in [-0.2, 0) is 0 Å². The molecule has 1 aliphatic rings. The monoisotopic (exact) mass is 360 g/mol. The summed E-state index contributed by atoms with van der Waals surface area (Å²) in [5.74, 6) is 0.579. The molecule has 5 nitrogen and oxygen atoms in total. The fourth-order valence-corrected chi connectivity index (χ4v) is 3.05. The molecule has 114 valence electrons. The number of carbonyl (C=O) groups is 1. The molecule has 1 aromatic carbocycles. The van der Waals surface area contributed by atoms with Crippen molar-refractivity contribution >= 4 is 33.3 Å². The van der Waals surface area contributed by atoms with Gasteiger partial charge in [0.05, 0.1) is 5.69 Å². The van der Waals surface area contributed by atoms with Gasteiger partial charge in [-0.3, -0.25) is 4.79 Å². The van der Waals surface area contributed by atoms with Gasteiger partial charge < -0.3 is 10.2 Å². The van der Waals surface area contributed by atoms with E-state index >= 15 is 0 Å². The number of anilines is 2. The van der Waals surface area contributed by atoms with Gasteiger partial charge in [-0.1, -0.05) is 6.07 Å². The molecular weight excluding hydrogens is 344 g/mol.